The quantitative estimate of drug-likeness (QED) is 0.780. The summed E-state index contributed by atoms with van der Waals surface area (Å²) in [7, 11) is -3.08. The van der Waals surface area contributed by atoms with Crippen molar-refractivity contribution in [2.75, 3.05) is 26.2 Å². The second-order valence-electron chi connectivity index (χ2n) is 6.76. The van der Waals surface area contributed by atoms with Gasteiger partial charge in [-0.2, -0.15) is 4.31 Å². The molecule has 1 saturated carbocycles. The van der Waals surface area contributed by atoms with Gasteiger partial charge < -0.3 is 4.90 Å². The number of carbonyl (C=O) groups is 1. The molecule has 1 aliphatic heterocycles. The van der Waals surface area contributed by atoms with Gasteiger partial charge in [0.25, 0.3) is 0 Å². The Balaban J connectivity index is 1.87. The van der Waals surface area contributed by atoms with Gasteiger partial charge in [-0.05, 0) is 18.3 Å². The zero-order chi connectivity index (χ0) is 14.3. The Morgan fingerprint density at radius 3 is 2.05 bits per heavy atom. The summed E-state index contributed by atoms with van der Waals surface area (Å²) in [5.41, 5.74) is -0.0195. The first kappa shape index (κ1) is 14.8. The lowest BCUT2D eigenvalue weighted by molar-refractivity contribution is -0.134. The monoisotopic (exact) mass is 288 g/mol. The van der Waals surface area contributed by atoms with E-state index in [0.717, 1.165) is 12.8 Å². The van der Waals surface area contributed by atoms with Crippen LogP contribution in [0.5, 0.6) is 0 Å². The minimum Gasteiger partial charge on any atom is -0.340 e. The summed E-state index contributed by atoms with van der Waals surface area (Å²) in [6.07, 6.45) is 2.11. The minimum atomic E-state index is -3.08. The van der Waals surface area contributed by atoms with Crippen molar-refractivity contribution in [1.29, 1.82) is 0 Å². The summed E-state index contributed by atoms with van der Waals surface area (Å²) in [6, 6.07) is 0. The first-order valence-electron chi connectivity index (χ1n) is 6.97. The molecule has 0 spiro atoms. The van der Waals surface area contributed by atoms with E-state index in [9.17, 15) is 13.2 Å². The number of amides is 1. The topological polar surface area (TPSA) is 57.7 Å². The molecule has 0 unspecified atom stereocenters. The molecule has 0 bridgehead atoms. The number of hydrogen-bond donors (Lipinski definition) is 0. The van der Waals surface area contributed by atoms with Crippen molar-refractivity contribution in [2.45, 2.75) is 45.3 Å². The molecule has 1 saturated heterocycles. The lowest BCUT2D eigenvalue weighted by Crippen LogP contribution is -2.51. The molecular formula is C13H24N2O3S. The summed E-state index contributed by atoms with van der Waals surface area (Å²) >= 11 is 0. The van der Waals surface area contributed by atoms with Crippen molar-refractivity contribution in [3.05, 3.63) is 0 Å². The molecule has 2 fully saturated rings. The maximum atomic E-state index is 12.1. The van der Waals surface area contributed by atoms with Crippen molar-refractivity contribution >= 4 is 15.9 Å². The average molecular weight is 288 g/mol. The molecule has 110 valence electrons. The Hall–Kier alpha value is -0.620. The first-order chi connectivity index (χ1) is 8.70. The molecule has 0 N–H and O–H groups in total. The molecule has 1 heterocycles. The highest BCUT2D eigenvalue weighted by Crippen LogP contribution is 2.31. The van der Waals surface area contributed by atoms with Crippen molar-refractivity contribution in [3.8, 4) is 0 Å². The third kappa shape index (κ3) is 3.69. The van der Waals surface area contributed by atoms with Crippen LogP contribution in [0.25, 0.3) is 0 Å². The molecule has 1 aliphatic carbocycles. The number of hydrogen-bond acceptors (Lipinski definition) is 3. The summed E-state index contributed by atoms with van der Waals surface area (Å²) in [6.45, 7) is 8.08. The molecule has 2 rings (SSSR count). The first-order valence-corrected chi connectivity index (χ1v) is 8.47. The summed E-state index contributed by atoms with van der Waals surface area (Å²) in [5.74, 6) is 0.135. The summed E-state index contributed by atoms with van der Waals surface area (Å²) in [4.78, 5) is 13.9. The molecule has 5 nitrogen and oxygen atoms in total. The number of piperazine rings is 1. The van der Waals surface area contributed by atoms with Gasteiger partial charge in [-0.15, -0.1) is 0 Å². The predicted octanol–water partition coefficient (Wildman–Crippen LogP) is 1.06. The molecule has 0 aromatic heterocycles. The van der Waals surface area contributed by atoms with Crippen LogP contribution in [0.15, 0.2) is 0 Å². The Labute approximate surface area is 116 Å². The lowest BCUT2D eigenvalue weighted by atomic mass is 9.91. The third-order valence-electron chi connectivity index (χ3n) is 3.58. The standard InChI is InChI=1S/C13H24N2O3S/c1-13(2,3)10-12(16)14-6-8-15(9-7-14)19(17,18)11-4-5-11/h11H,4-10H2,1-3H3. The van der Waals surface area contributed by atoms with Crippen LogP contribution in [0.1, 0.15) is 40.0 Å². The van der Waals surface area contributed by atoms with Gasteiger partial charge in [0.2, 0.25) is 15.9 Å². The molecule has 19 heavy (non-hydrogen) atoms. The van der Waals surface area contributed by atoms with E-state index in [1.807, 2.05) is 20.8 Å². The summed E-state index contributed by atoms with van der Waals surface area (Å²) < 4.78 is 25.7. The smallest absolute Gasteiger partial charge is 0.223 e. The van der Waals surface area contributed by atoms with Crippen molar-refractivity contribution in [3.63, 3.8) is 0 Å². The van der Waals surface area contributed by atoms with Gasteiger partial charge in [0.05, 0.1) is 5.25 Å². The van der Waals surface area contributed by atoms with E-state index in [1.165, 1.54) is 0 Å². The zero-order valence-electron chi connectivity index (χ0n) is 12.1. The maximum Gasteiger partial charge on any atom is 0.223 e. The molecule has 1 amide bonds. The Morgan fingerprint density at radius 2 is 1.63 bits per heavy atom. The summed E-state index contributed by atoms with van der Waals surface area (Å²) in [5, 5.41) is -0.149. The van der Waals surface area contributed by atoms with Gasteiger partial charge in [0, 0.05) is 32.6 Å². The van der Waals surface area contributed by atoms with Crippen molar-refractivity contribution in [2.24, 2.45) is 5.41 Å². The molecule has 0 atom stereocenters. The van der Waals surface area contributed by atoms with E-state index < -0.39 is 10.0 Å². The maximum absolute atomic E-state index is 12.1. The number of rotatable bonds is 3. The predicted molar refractivity (Wildman–Crippen MR) is 74.2 cm³/mol. The fraction of sp³-hybridized carbons (Fsp3) is 0.923. The highest BCUT2D eigenvalue weighted by atomic mass is 32.2. The molecule has 2 aliphatic rings. The SMILES string of the molecule is CC(C)(C)CC(=O)N1CCN(S(=O)(=O)C2CC2)CC1. The third-order valence-corrected chi connectivity index (χ3v) is 5.98. The lowest BCUT2D eigenvalue weighted by Gasteiger charge is -2.35. The normalized spacial score (nSPS) is 22.6. The van der Waals surface area contributed by atoms with Gasteiger partial charge in [-0.3, -0.25) is 4.79 Å². The fourth-order valence-corrected chi connectivity index (χ4v) is 4.16. The molecule has 0 aromatic carbocycles. The van der Waals surface area contributed by atoms with Crippen LogP contribution in [0, 0.1) is 5.41 Å². The number of nitrogens with zero attached hydrogens (tertiary/aromatic N) is 2. The molecule has 0 radical (unpaired) electrons. The van der Waals surface area contributed by atoms with E-state index in [-0.39, 0.29) is 16.6 Å². The highest BCUT2D eigenvalue weighted by Gasteiger charge is 2.41. The van der Waals surface area contributed by atoms with Crippen molar-refractivity contribution < 1.29 is 13.2 Å². The molecule has 0 aromatic rings. The van der Waals surface area contributed by atoms with Crippen LogP contribution in [-0.2, 0) is 14.8 Å². The Morgan fingerprint density at radius 1 is 1.11 bits per heavy atom. The van der Waals surface area contributed by atoms with E-state index in [1.54, 1.807) is 9.21 Å². The fourth-order valence-electron chi connectivity index (χ4n) is 2.33. The van der Waals surface area contributed by atoms with Crippen LogP contribution in [0.2, 0.25) is 0 Å². The van der Waals surface area contributed by atoms with Crippen LogP contribution in [-0.4, -0.2) is 55.0 Å². The van der Waals surface area contributed by atoms with Crippen LogP contribution in [0.4, 0.5) is 0 Å². The Bertz CT molecular complexity index is 441. The average Bonchev–Trinajstić information content (AvgIpc) is 3.11. The van der Waals surface area contributed by atoms with E-state index in [4.69, 9.17) is 0 Å². The van der Waals surface area contributed by atoms with Crippen LogP contribution < -0.4 is 0 Å². The van der Waals surface area contributed by atoms with Gasteiger partial charge >= 0.3 is 0 Å². The molecular weight excluding hydrogens is 264 g/mol. The van der Waals surface area contributed by atoms with E-state index in [2.05, 4.69) is 0 Å². The zero-order valence-corrected chi connectivity index (χ0v) is 12.9. The largest absolute Gasteiger partial charge is 0.340 e. The molecule has 6 heteroatoms. The Kier molecular flexibility index (Phi) is 3.93. The van der Waals surface area contributed by atoms with Gasteiger partial charge in [0.15, 0.2) is 0 Å². The van der Waals surface area contributed by atoms with Gasteiger partial charge in [-0.25, -0.2) is 8.42 Å². The van der Waals surface area contributed by atoms with Crippen LogP contribution >= 0.6 is 0 Å². The second kappa shape index (κ2) is 5.05. The number of carbonyl (C=O) groups excluding carboxylic acids is 1. The second-order valence-corrected chi connectivity index (χ2v) is 8.97. The van der Waals surface area contributed by atoms with E-state index in [0.29, 0.717) is 32.6 Å². The van der Waals surface area contributed by atoms with Gasteiger partial charge in [-0.1, -0.05) is 20.8 Å². The van der Waals surface area contributed by atoms with Crippen molar-refractivity contribution in [1.82, 2.24) is 9.21 Å². The van der Waals surface area contributed by atoms with Crippen LogP contribution in [0.3, 0.4) is 0 Å². The highest BCUT2D eigenvalue weighted by molar-refractivity contribution is 7.90. The minimum absolute atomic E-state index is 0.0195. The van der Waals surface area contributed by atoms with Gasteiger partial charge in [0.1, 0.15) is 0 Å². The number of sulfonamides is 1. The van der Waals surface area contributed by atoms with E-state index >= 15 is 0 Å².